The molecule has 2 rings (SSSR count). The smallest absolute Gasteiger partial charge is 0.244 e. The Morgan fingerprint density at radius 1 is 1.55 bits per heavy atom. The molecule has 1 heterocycles. The van der Waals surface area contributed by atoms with Gasteiger partial charge in [-0.3, -0.25) is 0 Å². The highest BCUT2D eigenvalue weighted by molar-refractivity contribution is 9.10. The van der Waals surface area contributed by atoms with Gasteiger partial charge in [-0.1, -0.05) is 15.9 Å². The van der Waals surface area contributed by atoms with Crippen LogP contribution in [0.3, 0.4) is 0 Å². The van der Waals surface area contributed by atoms with Gasteiger partial charge in [0.1, 0.15) is 16.2 Å². The van der Waals surface area contributed by atoms with Gasteiger partial charge in [0.05, 0.1) is 13.7 Å². The van der Waals surface area contributed by atoms with Gasteiger partial charge in [0.25, 0.3) is 0 Å². The molecule has 0 radical (unpaired) electrons. The Bertz CT molecular complexity index is 584. The molecule has 112 valence electrons. The Morgan fingerprint density at radius 2 is 2.30 bits per heavy atom. The summed E-state index contributed by atoms with van der Waals surface area (Å²) >= 11 is 3.23. The van der Waals surface area contributed by atoms with E-state index in [1.54, 1.807) is 12.1 Å². The lowest BCUT2D eigenvalue weighted by molar-refractivity contribution is 0.0314. The molecule has 1 aliphatic rings. The maximum atomic E-state index is 12.3. The van der Waals surface area contributed by atoms with Crippen molar-refractivity contribution in [2.24, 2.45) is 0 Å². The Kier molecular flexibility index (Phi) is 4.70. The lowest BCUT2D eigenvalue weighted by atomic mass is 10.1. The van der Waals surface area contributed by atoms with Crippen molar-refractivity contribution in [3.05, 3.63) is 22.7 Å². The molecule has 2 N–H and O–H groups in total. The topological polar surface area (TPSA) is 84.9 Å². The van der Waals surface area contributed by atoms with Crippen LogP contribution in [-0.2, 0) is 14.8 Å². The van der Waals surface area contributed by atoms with Gasteiger partial charge < -0.3 is 14.6 Å². The zero-order chi connectivity index (χ0) is 14.8. The molecular formula is C12H16BrNO5S. The van der Waals surface area contributed by atoms with Gasteiger partial charge in [0.2, 0.25) is 10.0 Å². The highest BCUT2D eigenvalue weighted by atomic mass is 79.9. The Morgan fingerprint density at radius 3 is 2.90 bits per heavy atom. The summed E-state index contributed by atoms with van der Waals surface area (Å²) in [6.07, 6.45) is 0.408. The molecule has 1 aromatic rings. The first-order valence-electron chi connectivity index (χ1n) is 6.00. The van der Waals surface area contributed by atoms with E-state index >= 15 is 0 Å². The van der Waals surface area contributed by atoms with Gasteiger partial charge in [0.15, 0.2) is 0 Å². The molecule has 6 nitrogen and oxygen atoms in total. The second-order valence-corrected chi connectivity index (χ2v) is 7.30. The predicted molar refractivity (Wildman–Crippen MR) is 76.3 cm³/mol. The molecule has 1 aromatic carbocycles. The third kappa shape index (κ3) is 3.50. The molecule has 0 aromatic heterocycles. The molecule has 0 saturated carbocycles. The molecule has 0 spiro atoms. The van der Waals surface area contributed by atoms with Crippen molar-refractivity contribution in [3.8, 4) is 5.75 Å². The van der Waals surface area contributed by atoms with Gasteiger partial charge >= 0.3 is 0 Å². The molecular weight excluding hydrogens is 350 g/mol. The largest absolute Gasteiger partial charge is 0.495 e. The fourth-order valence-electron chi connectivity index (χ4n) is 1.90. The molecule has 0 bridgehead atoms. The molecule has 8 heteroatoms. The third-order valence-corrected chi connectivity index (χ3v) is 5.00. The first-order valence-corrected chi connectivity index (χ1v) is 8.27. The van der Waals surface area contributed by atoms with E-state index in [4.69, 9.17) is 9.47 Å². The molecule has 20 heavy (non-hydrogen) atoms. The lowest BCUT2D eigenvalue weighted by Crippen LogP contribution is -2.43. The lowest BCUT2D eigenvalue weighted by Gasteiger charge is -2.21. The highest BCUT2D eigenvalue weighted by Crippen LogP contribution is 2.27. The monoisotopic (exact) mass is 365 g/mol. The first-order chi connectivity index (χ1) is 9.36. The summed E-state index contributed by atoms with van der Waals surface area (Å²) in [5, 5.41) is 10.1. The van der Waals surface area contributed by atoms with Crippen LogP contribution in [0.15, 0.2) is 27.6 Å². The van der Waals surface area contributed by atoms with Crippen LogP contribution < -0.4 is 9.46 Å². The zero-order valence-electron chi connectivity index (χ0n) is 10.9. The fourth-order valence-corrected chi connectivity index (χ4v) is 3.73. The number of hydrogen-bond acceptors (Lipinski definition) is 5. The maximum Gasteiger partial charge on any atom is 0.244 e. The van der Waals surface area contributed by atoms with Crippen LogP contribution in [-0.4, -0.2) is 46.0 Å². The average molecular weight is 366 g/mol. The molecule has 0 amide bonds. The van der Waals surface area contributed by atoms with E-state index in [2.05, 4.69) is 20.7 Å². The summed E-state index contributed by atoms with van der Waals surface area (Å²) < 4.78 is 37.8. The SMILES string of the molecule is COc1ccc(Br)cc1S(=O)(=O)NCC1(O)CCOC1. The molecule has 1 unspecified atom stereocenters. The average Bonchev–Trinajstić information content (AvgIpc) is 2.84. The quantitative estimate of drug-likeness (QED) is 0.809. The summed E-state index contributed by atoms with van der Waals surface area (Å²) in [7, 11) is -2.37. The van der Waals surface area contributed by atoms with Crippen molar-refractivity contribution < 1.29 is 23.0 Å². The Labute approximate surface area is 126 Å². The maximum absolute atomic E-state index is 12.3. The van der Waals surface area contributed by atoms with E-state index in [0.717, 1.165) is 0 Å². The van der Waals surface area contributed by atoms with Gasteiger partial charge in [-0.05, 0) is 18.2 Å². The summed E-state index contributed by atoms with van der Waals surface area (Å²) in [6.45, 7) is 0.467. The van der Waals surface area contributed by atoms with E-state index < -0.39 is 15.6 Å². The molecule has 1 atom stereocenters. The molecule has 0 aliphatic carbocycles. The second kappa shape index (κ2) is 5.98. The molecule has 1 saturated heterocycles. The van der Waals surface area contributed by atoms with Crippen LogP contribution in [0.1, 0.15) is 6.42 Å². The minimum Gasteiger partial charge on any atom is -0.495 e. The number of aliphatic hydroxyl groups is 1. The minimum absolute atomic E-state index is 0.0249. The van der Waals surface area contributed by atoms with Crippen molar-refractivity contribution >= 4 is 26.0 Å². The summed E-state index contributed by atoms with van der Waals surface area (Å²) in [5.74, 6) is 0.246. The van der Waals surface area contributed by atoms with Crippen LogP contribution in [0.2, 0.25) is 0 Å². The minimum atomic E-state index is -3.77. The summed E-state index contributed by atoms with van der Waals surface area (Å²) in [4.78, 5) is 0.0249. The summed E-state index contributed by atoms with van der Waals surface area (Å²) in [5.41, 5.74) is -1.15. The number of halogens is 1. The fraction of sp³-hybridized carbons (Fsp3) is 0.500. The van der Waals surface area contributed by atoms with Crippen molar-refractivity contribution in [1.82, 2.24) is 4.72 Å². The third-order valence-electron chi connectivity index (χ3n) is 3.09. The standard InChI is InChI=1S/C12H16BrNO5S/c1-18-10-3-2-9(13)6-11(10)20(16,17)14-7-12(15)4-5-19-8-12/h2-3,6,14-15H,4-5,7-8H2,1H3. The van der Waals surface area contributed by atoms with E-state index in [-0.39, 0.29) is 23.8 Å². The normalized spacial score (nSPS) is 22.9. The van der Waals surface area contributed by atoms with Crippen LogP contribution in [0, 0.1) is 0 Å². The molecule has 1 aliphatic heterocycles. The van der Waals surface area contributed by atoms with E-state index in [1.165, 1.54) is 13.2 Å². The number of hydrogen-bond donors (Lipinski definition) is 2. The Hall–Kier alpha value is -0.670. The van der Waals surface area contributed by atoms with Crippen LogP contribution in [0.5, 0.6) is 5.75 Å². The van der Waals surface area contributed by atoms with Crippen molar-refractivity contribution in [2.75, 3.05) is 26.9 Å². The van der Waals surface area contributed by atoms with Crippen LogP contribution >= 0.6 is 15.9 Å². The van der Waals surface area contributed by atoms with Gasteiger partial charge in [-0.2, -0.15) is 0 Å². The van der Waals surface area contributed by atoms with E-state index in [0.29, 0.717) is 17.5 Å². The number of ether oxygens (including phenoxy) is 2. The van der Waals surface area contributed by atoms with E-state index in [9.17, 15) is 13.5 Å². The van der Waals surface area contributed by atoms with Gasteiger partial charge in [0, 0.05) is 24.0 Å². The van der Waals surface area contributed by atoms with Crippen LogP contribution in [0.25, 0.3) is 0 Å². The van der Waals surface area contributed by atoms with Crippen molar-refractivity contribution in [3.63, 3.8) is 0 Å². The van der Waals surface area contributed by atoms with Crippen molar-refractivity contribution in [2.45, 2.75) is 16.9 Å². The van der Waals surface area contributed by atoms with Gasteiger partial charge in [-0.25, -0.2) is 13.1 Å². The van der Waals surface area contributed by atoms with Crippen molar-refractivity contribution in [1.29, 1.82) is 0 Å². The number of benzene rings is 1. The van der Waals surface area contributed by atoms with Crippen LogP contribution in [0.4, 0.5) is 0 Å². The zero-order valence-corrected chi connectivity index (χ0v) is 13.3. The number of nitrogens with one attached hydrogen (secondary N) is 1. The Balaban J connectivity index is 2.20. The summed E-state index contributed by atoms with van der Waals surface area (Å²) in [6, 6.07) is 4.71. The first kappa shape index (κ1) is 15.7. The van der Waals surface area contributed by atoms with E-state index in [1.807, 2.05) is 0 Å². The number of sulfonamides is 1. The number of methoxy groups -OCH3 is 1. The predicted octanol–water partition coefficient (Wildman–Crippen LogP) is 0.887. The second-order valence-electron chi connectivity index (χ2n) is 4.65. The number of rotatable bonds is 5. The molecule has 1 fully saturated rings. The highest BCUT2D eigenvalue weighted by Gasteiger charge is 2.34. The van der Waals surface area contributed by atoms with Gasteiger partial charge in [-0.15, -0.1) is 0 Å².